The molecule has 0 rings (SSSR count). The van der Waals surface area contributed by atoms with Gasteiger partial charge in [0, 0.05) is 26.2 Å². The summed E-state index contributed by atoms with van der Waals surface area (Å²) in [6.45, 7) is 15.9. The second kappa shape index (κ2) is 63.6. The molecule has 1 unspecified atom stereocenters. The van der Waals surface area contributed by atoms with Crippen LogP contribution in [0.5, 0.6) is 0 Å². The molecule has 0 aliphatic rings. The van der Waals surface area contributed by atoms with Crippen molar-refractivity contribution in [3.8, 4) is 0 Å². The fourth-order valence-electron chi connectivity index (χ4n) is 11.0. The molecule has 0 spiro atoms. The van der Waals surface area contributed by atoms with Crippen molar-refractivity contribution in [2.75, 3.05) is 65.4 Å². The van der Waals surface area contributed by atoms with Gasteiger partial charge in [0.15, 0.2) is 0 Å². The van der Waals surface area contributed by atoms with E-state index in [1.807, 2.05) is 4.90 Å². The number of hydrogen-bond acceptors (Lipinski definition) is 6. The highest BCUT2D eigenvalue weighted by Crippen LogP contribution is 2.16. The maximum Gasteiger partial charge on any atom is 0.234 e. The van der Waals surface area contributed by atoms with Gasteiger partial charge in [0.1, 0.15) is 0 Å². The summed E-state index contributed by atoms with van der Waals surface area (Å²) >= 11 is 0. The first-order valence-electron chi connectivity index (χ1n) is 34.3. The summed E-state index contributed by atoms with van der Waals surface area (Å²) in [6, 6.07) is 0. The van der Waals surface area contributed by atoms with Crippen LogP contribution in [0.1, 0.15) is 349 Å². The molecule has 0 aliphatic carbocycles. The van der Waals surface area contributed by atoms with E-state index in [1.54, 1.807) is 0 Å². The fourth-order valence-corrected chi connectivity index (χ4v) is 11.0. The Bertz CT molecular complexity index is 1070. The summed E-state index contributed by atoms with van der Waals surface area (Å²) in [5.74, 6) is -0.0771. The number of aliphatic hydroxyl groups excluding tert-OH is 1. The molecule has 75 heavy (non-hydrogen) atoms. The molecule has 0 saturated heterocycles. The largest absolute Gasteiger partial charge is 0.390 e. The molecule has 0 aliphatic heterocycles. The third kappa shape index (κ3) is 60.3. The van der Waals surface area contributed by atoms with E-state index < -0.39 is 6.10 Å². The molecule has 1 atom stereocenters. The second-order valence-corrected chi connectivity index (χ2v) is 23.8. The molecule has 0 radical (unpaired) electrons. The lowest BCUT2D eigenvalue weighted by Crippen LogP contribution is -2.48. The van der Waals surface area contributed by atoms with Gasteiger partial charge >= 0.3 is 0 Å². The van der Waals surface area contributed by atoms with E-state index >= 15 is 0 Å². The molecular formula is C67H137N5O3. The van der Waals surface area contributed by atoms with E-state index in [0.717, 1.165) is 71.1 Å². The molecule has 0 aromatic carbocycles. The van der Waals surface area contributed by atoms with Crippen molar-refractivity contribution in [3.05, 3.63) is 0 Å². The highest BCUT2D eigenvalue weighted by atomic mass is 16.3. The van der Waals surface area contributed by atoms with Gasteiger partial charge in [-0.2, -0.15) is 0 Å². The molecule has 448 valence electrons. The lowest BCUT2D eigenvalue weighted by atomic mass is 10.1. The Kier molecular flexibility index (Phi) is 62.6. The van der Waals surface area contributed by atoms with Crippen molar-refractivity contribution >= 4 is 11.8 Å². The summed E-state index contributed by atoms with van der Waals surface area (Å²) < 4.78 is 0. The topological polar surface area (TPSA) is 96.9 Å². The predicted molar refractivity (Wildman–Crippen MR) is 331 cm³/mol. The van der Waals surface area contributed by atoms with Crippen molar-refractivity contribution in [2.45, 2.75) is 355 Å². The standard InChI is InChI=1S/C67H137N5O3/c1-5-9-13-17-21-25-29-33-37-41-45-49-55-68-56-52-54-60-71(59-53-48-44-40-36-32-28-24-20-16-12-8-4)61-65(73)62-72(63-66(74)69-57-50-46-42-38-34-30-26-22-18-14-10-6-2)64-67(75)70-58-51-47-43-39-35-31-27-23-19-15-11-7-3/h65,68,73H,5-64H2,1-4H3,(H,69,74)(H,70,75). The van der Waals surface area contributed by atoms with Crippen LogP contribution in [0.25, 0.3) is 0 Å². The predicted octanol–water partition coefficient (Wildman–Crippen LogP) is 18.4. The summed E-state index contributed by atoms with van der Waals surface area (Å²) in [5, 5.41) is 21.7. The average molecular weight is 1060 g/mol. The highest BCUT2D eigenvalue weighted by molar-refractivity contribution is 5.81. The normalized spacial score (nSPS) is 12.1. The van der Waals surface area contributed by atoms with Gasteiger partial charge in [-0.15, -0.1) is 0 Å². The molecule has 0 heterocycles. The first kappa shape index (κ1) is 73.8. The molecule has 2 amide bonds. The molecule has 4 N–H and O–H groups in total. The Labute approximate surface area is 470 Å². The maximum absolute atomic E-state index is 13.4. The number of aliphatic hydroxyl groups is 1. The highest BCUT2D eigenvalue weighted by Gasteiger charge is 2.20. The van der Waals surface area contributed by atoms with Gasteiger partial charge in [-0.25, -0.2) is 0 Å². The number of carbonyl (C=O) groups is 2. The van der Waals surface area contributed by atoms with Gasteiger partial charge in [0.2, 0.25) is 11.8 Å². The molecule has 0 aromatic heterocycles. The number of nitrogens with one attached hydrogen (secondary N) is 3. The quantitative estimate of drug-likeness (QED) is 0.0453. The van der Waals surface area contributed by atoms with Gasteiger partial charge in [-0.05, 0) is 64.7 Å². The van der Waals surface area contributed by atoms with Crippen molar-refractivity contribution < 1.29 is 14.7 Å². The lowest BCUT2D eigenvalue weighted by molar-refractivity contribution is -0.125. The van der Waals surface area contributed by atoms with Crippen LogP contribution in [0.15, 0.2) is 0 Å². The third-order valence-corrected chi connectivity index (χ3v) is 16.0. The minimum atomic E-state index is -0.625. The van der Waals surface area contributed by atoms with E-state index in [0.29, 0.717) is 26.2 Å². The van der Waals surface area contributed by atoms with Crippen LogP contribution >= 0.6 is 0 Å². The fraction of sp³-hybridized carbons (Fsp3) is 0.970. The zero-order valence-corrected chi connectivity index (χ0v) is 51.7. The number of hydrogen-bond donors (Lipinski definition) is 4. The molecule has 0 fully saturated rings. The van der Waals surface area contributed by atoms with Gasteiger partial charge in [0.05, 0.1) is 19.2 Å². The Morgan fingerprint density at radius 2 is 0.507 bits per heavy atom. The van der Waals surface area contributed by atoms with Gasteiger partial charge in [-0.1, -0.05) is 310 Å². The van der Waals surface area contributed by atoms with Crippen LogP contribution in [0.4, 0.5) is 0 Å². The first-order chi connectivity index (χ1) is 37.0. The number of carbonyl (C=O) groups excluding carboxylic acids is 2. The zero-order chi connectivity index (χ0) is 54.4. The number of amides is 2. The maximum atomic E-state index is 13.4. The smallest absolute Gasteiger partial charge is 0.234 e. The van der Waals surface area contributed by atoms with Crippen LogP contribution in [0, 0.1) is 0 Å². The van der Waals surface area contributed by atoms with Crippen LogP contribution in [0.3, 0.4) is 0 Å². The van der Waals surface area contributed by atoms with Crippen molar-refractivity contribution in [1.29, 1.82) is 0 Å². The van der Waals surface area contributed by atoms with Gasteiger partial charge in [0.25, 0.3) is 0 Å². The van der Waals surface area contributed by atoms with E-state index in [2.05, 4.69) is 48.5 Å². The van der Waals surface area contributed by atoms with Crippen molar-refractivity contribution in [1.82, 2.24) is 25.8 Å². The van der Waals surface area contributed by atoms with Crippen molar-refractivity contribution in [2.24, 2.45) is 0 Å². The molecule has 0 saturated carbocycles. The second-order valence-electron chi connectivity index (χ2n) is 23.8. The summed E-state index contributed by atoms with van der Waals surface area (Å²) in [7, 11) is 0. The molecule has 8 heteroatoms. The number of nitrogens with zero attached hydrogens (tertiary/aromatic N) is 2. The Morgan fingerprint density at radius 3 is 0.800 bits per heavy atom. The van der Waals surface area contributed by atoms with E-state index in [9.17, 15) is 14.7 Å². The number of rotatable bonds is 65. The monoisotopic (exact) mass is 1060 g/mol. The minimum Gasteiger partial charge on any atom is -0.390 e. The Balaban J connectivity index is 5.08. The number of unbranched alkanes of at least 4 members (excludes halogenated alkanes) is 45. The molecule has 0 bridgehead atoms. The average Bonchev–Trinajstić information content (AvgIpc) is 3.40. The molecule has 8 nitrogen and oxygen atoms in total. The Hall–Kier alpha value is -1.22. The van der Waals surface area contributed by atoms with Crippen molar-refractivity contribution in [3.63, 3.8) is 0 Å². The minimum absolute atomic E-state index is 0.0385. The van der Waals surface area contributed by atoms with E-state index in [-0.39, 0.29) is 24.9 Å². The van der Waals surface area contributed by atoms with Crippen LogP contribution in [-0.2, 0) is 9.59 Å². The SMILES string of the molecule is CCCCCCCCCCCCCCNCCCCN(CCCCCCCCCCCCCC)CC(O)CN(CC(=O)NCCCCCCCCCCCCCC)CC(=O)NCCCCCCCCCCCCCC. The van der Waals surface area contributed by atoms with Gasteiger partial charge in [-0.3, -0.25) is 14.5 Å². The van der Waals surface area contributed by atoms with Crippen LogP contribution < -0.4 is 16.0 Å². The summed E-state index contributed by atoms with van der Waals surface area (Å²) in [4.78, 5) is 31.1. The Morgan fingerprint density at radius 1 is 0.293 bits per heavy atom. The van der Waals surface area contributed by atoms with Crippen LogP contribution in [0.2, 0.25) is 0 Å². The van der Waals surface area contributed by atoms with E-state index in [1.165, 1.54) is 276 Å². The molecule has 0 aromatic rings. The summed E-state index contributed by atoms with van der Waals surface area (Å²) in [5.41, 5.74) is 0. The van der Waals surface area contributed by atoms with Crippen LogP contribution in [-0.4, -0.2) is 98.3 Å². The lowest BCUT2D eigenvalue weighted by Gasteiger charge is -2.29. The third-order valence-electron chi connectivity index (χ3n) is 16.0. The summed E-state index contributed by atoms with van der Waals surface area (Å²) in [6.07, 6.45) is 65.5. The van der Waals surface area contributed by atoms with E-state index in [4.69, 9.17) is 0 Å². The molecular weight excluding hydrogens is 923 g/mol. The van der Waals surface area contributed by atoms with Gasteiger partial charge < -0.3 is 26.0 Å². The first-order valence-corrected chi connectivity index (χ1v) is 34.3. The zero-order valence-electron chi connectivity index (χ0n) is 51.7.